The molecule has 7 heteroatoms. The number of hydrogen-bond donors (Lipinski definition) is 1. The van der Waals surface area contributed by atoms with E-state index >= 15 is 0 Å². The van der Waals surface area contributed by atoms with Gasteiger partial charge in [-0.1, -0.05) is 13.0 Å². The van der Waals surface area contributed by atoms with E-state index in [0.29, 0.717) is 0 Å². The van der Waals surface area contributed by atoms with E-state index in [2.05, 4.69) is 15.9 Å². The number of sulfone groups is 1. The van der Waals surface area contributed by atoms with Crippen LogP contribution in [0.1, 0.15) is 31.4 Å². The standard InChI is InChI=1S/C12H15BrF2O3S/c1-2-19(17,18)7-3-4-10(16)8-5-6-9(14)12(15)11(8)13/h5-6,10,16H,2-4,7H2,1H3. The van der Waals surface area contributed by atoms with Crippen LogP contribution in [0.15, 0.2) is 16.6 Å². The average Bonchev–Trinajstić information content (AvgIpc) is 2.35. The SMILES string of the molecule is CCS(=O)(=O)CCCC(O)c1ccc(F)c(F)c1Br. The van der Waals surface area contributed by atoms with E-state index in [-0.39, 0.29) is 34.4 Å². The number of rotatable bonds is 6. The first kappa shape index (κ1) is 16.5. The van der Waals surface area contributed by atoms with Crippen molar-refractivity contribution in [1.82, 2.24) is 0 Å². The van der Waals surface area contributed by atoms with Crippen molar-refractivity contribution in [1.29, 1.82) is 0 Å². The molecule has 0 spiro atoms. The van der Waals surface area contributed by atoms with Crippen molar-refractivity contribution in [3.63, 3.8) is 0 Å². The lowest BCUT2D eigenvalue weighted by atomic mass is 10.1. The number of hydrogen-bond acceptors (Lipinski definition) is 3. The van der Waals surface area contributed by atoms with Gasteiger partial charge in [0.2, 0.25) is 0 Å². The molecule has 1 aromatic carbocycles. The van der Waals surface area contributed by atoms with Crippen molar-refractivity contribution < 1.29 is 22.3 Å². The lowest BCUT2D eigenvalue weighted by molar-refractivity contribution is 0.165. The van der Waals surface area contributed by atoms with Crippen molar-refractivity contribution in [2.24, 2.45) is 0 Å². The predicted molar refractivity (Wildman–Crippen MR) is 72.6 cm³/mol. The van der Waals surface area contributed by atoms with E-state index in [4.69, 9.17) is 0 Å². The molecule has 1 atom stereocenters. The predicted octanol–water partition coefficient (Wildman–Crippen LogP) is 2.98. The Bertz CT molecular complexity index is 546. The van der Waals surface area contributed by atoms with Crippen LogP contribution in [0.4, 0.5) is 8.78 Å². The molecule has 0 saturated carbocycles. The zero-order valence-electron chi connectivity index (χ0n) is 10.4. The molecule has 0 fully saturated rings. The maximum absolute atomic E-state index is 13.3. The van der Waals surface area contributed by atoms with Gasteiger partial charge in [-0.15, -0.1) is 0 Å². The molecule has 1 rings (SSSR count). The van der Waals surface area contributed by atoms with E-state index in [0.717, 1.165) is 6.07 Å². The van der Waals surface area contributed by atoms with Crippen LogP contribution in [0.5, 0.6) is 0 Å². The van der Waals surface area contributed by atoms with Gasteiger partial charge in [0.15, 0.2) is 11.6 Å². The zero-order chi connectivity index (χ0) is 14.6. The fraction of sp³-hybridized carbons (Fsp3) is 0.500. The minimum absolute atomic E-state index is 0.0259. The van der Waals surface area contributed by atoms with Crippen LogP contribution in [-0.4, -0.2) is 25.0 Å². The van der Waals surface area contributed by atoms with Crippen LogP contribution >= 0.6 is 15.9 Å². The number of aliphatic hydroxyl groups excluding tert-OH is 1. The quantitative estimate of drug-likeness (QED) is 0.797. The maximum atomic E-state index is 13.3. The third kappa shape index (κ3) is 4.50. The van der Waals surface area contributed by atoms with E-state index in [1.54, 1.807) is 6.92 Å². The topological polar surface area (TPSA) is 54.4 Å². The molecule has 0 saturated heterocycles. The van der Waals surface area contributed by atoms with E-state index in [1.165, 1.54) is 6.07 Å². The molecule has 0 aliphatic carbocycles. The van der Waals surface area contributed by atoms with Crippen molar-refractivity contribution >= 4 is 25.8 Å². The van der Waals surface area contributed by atoms with Crippen molar-refractivity contribution in [3.8, 4) is 0 Å². The first-order valence-electron chi connectivity index (χ1n) is 5.80. The average molecular weight is 357 g/mol. The number of benzene rings is 1. The molecule has 1 unspecified atom stereocenters. The Labute approximate surface area is 119 Å². The molecule has 0 amide bonds. The van der Waals surface area contributed by atoms with Gasteiger partial charge in [0, 0.05) is 5.75 Å². The van der Waals surface area contributed by atoms with Gasteiger partial charge in [0.25, 0.3) is 0 Å². The Morgan fingerprint density at radius 1 is 1.37 bits per heavy atom. The molecule has 19 heavy (non-hydrogen) atoms. The fourth-order valence-electron chi connectivity index (χ4n) is 1.59. The van der Waals surface area contributed by atoms with Gasteiger partial charge >= 0.3 is 0 Å². The molecule has 0 heterocycles. The van der Waals surface area contributed by atoms with E-state index < -0.39 is 27.6 Å². The largest absolute Gasteiger partial charge is 0.388 e. The minimum atomic E-state index is -3.08. The molecule has 0 aliphatic rings. The summed E-state index contributed by atoms with van der Waals surface area (Å²) in [5, 5.41) is 9.87. The van der Waals surface area contributed by atoms with Crippen molar-refractivity contribution in [2.45, 2.75) is 25.9 Å². The Balaban J connectivity index is 2.69. The van der Waals surface area contributed by atoms with Gasteiger partial charge in [0.1, 0.15) is 9.84 Å². The highest BCUT2D eigenvalue weighted by molar-refractivity contribution is 9.10. The first-order valence-corrected chi connectivity index (χ1v) is 8.41. The Morgan fingerprint density at radius 3 is 2.58 bits per heavy atom. The van der Waals surface area contributed by atoms with Crippen molar-refractivity contribution in [2.75, 3.05) is 11.5 Å². The zero-order valence-corrected chi connectivity index (χ0v) is 12.8. The van der Waals surface area contributed by atoms with Gasteiger partial charge in [-0.05, 0) is 40.4 Å². The monoisotopic (exact) mass is 356 g/mol. The lowest BCUT2D eigenvalue weighted by Gasteiger charge is -2.13. The molecule has 0 aromatic heterocycles. The molecule has 3 nitrogen and oxygen atoms in total. The van der Waals surface area contributed by atoms with Crippen LogP contribution in [0, 0.1) is 11.6 Å². The summed E-state index contributed by atoms with van der Waals surface area (Å²) in [6, 6.07) is 2.21. The minimum Gasteiger partial charge on any atom is -0.388 e. The van der Waals surface area contributed by atoms with Gasteiger partial charge in [-0.3, -0.25) is 0 Å². The Morgan fingerprint density at radius 2 is 2.00 bits per heavy atom. The summed E-state index contributed by atoms with van der Waals surface area (Å²) >= 11 is 2.88. The summed E-state index contributed by atoms with van der Waals surface area (Å²) in [5.74, 6) is -2.03. The smallest absolute Gasteiger partial charge is 0.173 e. The van der Waals surface area contributed by atoms with E-state index in [1.807, 2.05) is 0 Å². The van der Waals surface area contributed by atoms with Gasteiger partial charge < -0.3 is 5.11 Å². The number of halogens is 3. The summed E-state index contributed by atoms with van der Waals surface area (Å²) in [7, 11) is -3.08. The second-order valence-electron chi connectivity index (χ2n) is 4.16. The second-order valence-corrected chi connectivity index (χ2v) is 7.42. The van der Waals surface area contributed by atoms with Crippen LogP contribution in [-0.2, 0) is 9.84 Å². The van der Waals surface area contributed by atoms with Gasteiger partial charge in [0.05, 0.1) is 16.3 Å². The molecule has 108 valence electrons. The normalized spacial score (nSPS) is 13.5. The summed E-state index contributed by atoms with van der Waals surface area (Å²) in [5.41, 5.74) is 0.216. The molecule has 1 N–H and O–H groups in total. The van der Waals surface area contributed by atoms with Crippen LogP contribution in [0.2, 0.25) is 0 Å². The maximum Gasteiger partial charge on any atom is 0.173 e. The molecular formula is C12H15BrF2O3S. The highest BCUT2D eigenvalue weighted by Crippen LogP contribution is 2.30. The summed E-state index contributed by atoms with van der Waals surface area (Å²) in [6.45, 7) is 1.55. The molecule has 0 bridgehead atoms. The van der Waals surface area contributed by atoms with E-state index in [9.17, 15) is 22.3 Å². The summed E-state index contributed by atoms with van der Waals surface area (Å²) < 4.78 is 48.6. The molecule has 1 aromatic rings. The van der Waals surface area contributed by atoms with Crippen LogP contribution < -0.4 is 0 Å². The highest BCUT2D eigenvalue weighted by atomic mass is 79.9. The van der Waals surface area contributed by atoms with Gasteiger partial charge in [-0.2, -0.15) is 0 Å². The highest BCUT2D eigenvalue weighted by Gasteiger charge is 2.18. The third-order valence-electron chi connectivity index (χ3n) is 2.80. The molecule has 0 aliphatic heterocycles. The first-order chi connectivity index (χ1) is 8.78. The Kier molecular flexibility index (Phi) is 5.88. The van der Waals surface area contributed by atoms with Crippen LogP contribution in [0.25, 0.3) is 0 Å². The second kappa shape index (κ2) is 6.76. The summed E-state index contributed by atoms with van der Waals surface area (Å²) in [6.07, 6.45) is -0.595. The van der Waals surface area contributed by atoms with Crippen molar-refractivity contribution in [3.05, 3.63) is 33.8 Å². The summed E-state index contributed by atoms with van der Waals surface area (Å²) in [4.78, 5) is 0. The van der Waals surface area contributed by atoms with Gasteiger partial charge in [-0.25, -0.2) is 17.2 Å². The molecular weight excluding hydrogens is 342 g/mol. The lowest BCUT2D eigenvalue weighted by Crippen LogP contribution is -2.10. The fourth-order valence-corrected chi connectivity index (χ4v) is 3.08. The molecule has 0 radical (unpaired) electrons. The number of aliphatic hydroxyl groups is 1. The third-order valence-corrected chi connectivity index (χ3v) is 5.39. The van der Waals surface area contributed by atoms with Crippen LogP contribution in [0.3, 0.4) is 0 Å². The Hall–Kier alpha value is -0.530.